The molecule has 0 bridgehead atoms. The van der Waals surface area contributed by atoms with Gasteiger partial charge in [-0.3, -0.25) is 9.59 Å². The van der Waals surface area contributed by atoms with Crippen molar-refractivity contribution in [2.24, 2.45) is 0 Å². The number of amides is 2. The number of fused-ring (bicyclic) bond motifs is 3. The smallest absolute Gasteiger partial charge is 0.276 e. The predicted molar refractivity (Wildman–Crippen MR) is 173 cm³/mol. The molecule has 214 valence electrons. The number of pyridine rings is 2. The summed E-state index contributed by atoms with van der Waals surface area (Å²) in [5.41, 5.74) is 10.3. The van der Waals surface area contributed by atoms with Crippen LogP contribution in [0, 0.1) is 41.5 Å². The Kier molecular flexibility index (Phi) is 7.83. The third kappa shape index (κ3) is 5.13. The maximum atomic E-state index is 13.9. The van der Waals surface area contributed by atoms with Gasteiger partial charge in [-0.25, -0.2) is 9.97 Å². The highest BCUT2D eigenvalue weighted by molar-refractivity contribution is 6.11. The van der Waals surface area contributed by atoms with Crippen LogP contribution in [0.2, 0.25) is 0 Å². The van der Waals surface area contributed by atoms with E-state index in [1.165, 1.54) is 11.1 Å². The Morgan fingerprint density at radius 1 is 0.548 bits per heavy atom. The minimum Gasteiger partial charge on any atom is -0.307 e. The van der Waals surface area contributed by atoms with Gasteiger partial charge in [0.05, 0.1) is 11.0 Å². The number of aryl methyl sites for hydroxylation is 6. The standard InChI is InChI=1S/C36H38N4O2/c1-9-39(33-23(5)17-21(3)18-24(33)6)35(41)29-15-13-27-11-12-28-14-16-30(38-32(28)31(27)37-29)36(42)40(10-2)34-25(7)19-22(4)20-26(34)8/h11-20H,9-10H2,1-8H3. The lowest BCUT2D eigenvalue weighted by atomic mass is 10.0. The summed E-state index contributed by atoms with van der Waals surface area (Å²) in [4.78, 5) is 41.0. The second-order valence-electron chi connectivity index (χ2n) is 11.2. The van der Waals surface area contributed by atoms with Crippen LogP contribution in [0.25, 0.3) is 21.8 Å². The van der Waals surface area contributed by atoms with Crippen molar-refractivity contribution in [2.75, 3.05) is 22.9 Å². The quantitative estimate of drug-likeness (QED) is 0.198. The first-order chi connectivity index (χ1) is 20.0. The summed E-state index contributed by atoms with van der Waals surface area (Å²) in [5, 5.41) is 1.72. The van der Waals surface area contributed by atoms with E-state index < -0.39 is 0 Å². The van der Waals surface area contributed by atoms with Gasteiger partial charge in [-0.15, -0.1) is 0 Å². The fraction of sp³-hybridized carbons (Fsp3) is 0.278. The van der Waals surface area contributed by atoms with Crippen LogP contribution in [-0.2, 0) is 0 Å². The van der Waals surface area contributed by atoms with Gasteiger partial charge < -0.3 is 9.80 Å². The molecule has 0 aliphatic heterocycles. The van der Waals surface area contributed by atoms with Gasteiger partial charge in [0.2, 0.25) is 0 Å². The summed E-state index contributed by atoms with van der Waals surface area (Å²) in [5.74, 6) is -0.331. The van der Waals surface area contributed by atoms with Crippen molar-refractivity contribution < 1.29 is 9.59 Å². The highest BCUT2D eigenvalue weighted by Crippen LogP contribution is 2.30. The Labute approximate surface area is 248 Å². The van der Waals surface area contributed by atoms with Crippen LogP contribution < -0.4 is 9.80 Å². The van der Waals surface area contributed by atoms with E-state index >= 15 is 0 Å². The van der Waals surface area contributed by atoms with Crippen LogP contribution >= 0.6 is 0 Å². The number of rotatable bonds is 6. The third-order valence-corrected chi connectivity index (χ3v) is 7.89. The molecule has 0 aliphatic rings. The number of carbonyl (C=O) groups excluding carboxylic acids is 2. The van der Waals surface area contributed by atoms with Gasteiger partial charge >= 0.3 is 0 Å². The van der Waals surface area contributed by atoms with Crippen LogP contribution in [0.5, 0.6) is 0 Å². The van der Waals surface area contributed by atoms with Crippen molar-refractivity contribution in [3.63, 3.8) is 0 Å². The summed E-state index contributed by atoms with van der Waals surface area (Å²) in [7, 11) is 0. The van der Waals surface area contributed by atoms with Gasteiger partial charge in [0.15, 0.2) is 0 Å². The average molecular weight is 559 g/mol. The molecule has 6 heteroatoms. The first-order valence-electron chi connectivity index (χ1n) is 14.5. The number of benzene rings is 3. The van der Waals surface area contributed by atoms with E-state index in [0.29, 0.717) is 35.5 Å². The molecule has 0 saturated carbocycles. The monoisotopic (exact) mass is 558 g/mol. The van der Waals surface area contributed by atoms with E-state index in [-0.39, 0.29) is 11.8 Å². The van der Waals surface area contributed by atoms with Crippen molar-refractivity contribution >= 4 is 45.0 Å². The van der Waals surface area contributed by atoms with Crippen LogP contribution in [0.15, 0.2) is 60.7 Å². The second-order valence-corrected chi connectivity index (χ2v) is 11.2. The molecule has 0 saturated heterocycles. The summed E-state index contributed by atoms with van der Waals surface area (Å²) in [6, 6.07) is 19.7. The highest BCUT2D eigenvalue weighted by atomic mass is 16.2. The van der Waals surface area contributed by atoms with Crippen LogP contribution in [-0.4, -0.2) is 34.9 Å². The van der Waals surface area contributed by atoms with E-state index in [2.05, 4.69) is 38.1 Å². The zero-order valence-electron chi connectivity index (χ0n) is 25.8. The summed E-state index contributed by atoms with van der Waals surface area (Å²) in [6.07, 6.45) is 0. The molecular formula is C36H38N4O2. The molecule has 0 spiro atoms. The van der Waals surface area contributed by atoms with Gasteiger partial charge in [0, 0.05) is 35.2 Å². The van der Waals surface area contributed by atoms with E-state index in [4.69, 9.17) is 9.97 Å². The first kappa shape index (κ1) is 28.9. The molecule has 0 atom stereocenters. The predicted octanol–water partition coefficient (Wildman–Crippen LogP) is 7.97. The molecule has 3 aromatic carbocycles. The molecule has 5 aromatic rings. The maximum absolute atomic E-state index is 13.9. The van der Waals surface area contributed by atoms with Crippen LogP contribution in [0.1, 0.15) is 68.2 Å². The van der Waals surface area contributed by atoms with E-state index in [1.807, 2.05) is 65.8 Å². The van der Waals surface area contributed by atoms with E-state index in [1.54, 1.807) is 21.9 Å². The summed E-state index contributed by atoms with van der Waals surface area (Å²) >= 11 is 0. The van der Waals surface area contributed by atoms with E-state index in [0.717, 1.165) is 44.4 Å². The molecule has 2 heterocycles. The average Bonchev–Trinajstić information content (AvgIpc) is 2.95. The number of aromatic nitrogens is 2. The number of hydrogen-bond acceptors (Lipinski definition) is 4. The molecule has 2 amide bonds. The van der Waals surface area contributed by atoms with Crippen LogP contribution in [0.4, 0.5) is 11.4 Å². The van der Waals surface area contributed by atoms with Crippen molar-refractivity contribution in [3.05, 3.63) is 105 Å². The minimum atomic E-state index is -0.166. The molecule has 0 unspecified atom stereocenters. The number of hydrogen-bond donors (Lipinski definition) is 0. The van der Waals surface area contributed by atoms with Crippen molar-refractivity contribution in [1.82, 2.24) is 9.97 Å². The first-order valence-corrected chi connectivity index (χ1v) is 14.5. The summed E-state index contributed by atoms with van der Waals surface area (Å²) < 4.78 is 0. The number of anilines is 2. The third-order valence-electron chi connectivity index (χ3n) is 7.89. The molecule has 2 aromatic heterocycles. The van der Waals surface area contributed by atoms with Crippen molar-refractivity contribution in [2.45, 2.75) is 55.4 Å². The molecule has 0 N–H and O–H groups in total. The van der Waals surface area contributed by atoms with Crippen LogP contribution in [0.3, 0.4) is 0 Å². The zero-order valence-corrected chi connectivity index (χ0v) is 25.8. The molecule has 42 heavy (non-hydrogen) atoms. The second kappa shape index (κ2) is 11.4. The molecule has 6 nitrogen and oxygen atoms in total. The Morgan fingerprint density at radius 2 is 0.857 bits per heavy atom. The Balaban J connectivity index is 1.60. The molecule has 0 aliphatic carbocycles. The molecule has 0 radical (unpaired) electrons. The lowest BCUT2D eigenvalue weighted by Crippen LogP contribution is -2.32. The topological polar surface area (TPSA) is 66.4 Å². The Bertz CT molecular complexity index is 1690. The van der Waals surface area contributed by atoms with Gasteiger partial charge in [0.25, 0.3) is 11.8 Å². The molecule has 0 fully saturated rings. The highest BCUT2D eigenvalue weighted by Gasteiger charge is 2.24. The summed E-state index contributed by atoms with van der Waals surface area (Å²) in [6.45, 7) is 17.2. The Morgan fingerprint density at radius 3 is 1.17 bits per heavy atom. The lowest BCUT2D eigenvalue weighted by molar-refractivity contribution is 0.0975. The molecular weight excluding hydrogens is 520 g/mol. The van der Waals surface area contributed by atoms with Gasteiger partial charge in [-0.1, -0.05) is 59.7 Å². The van der Waals surface area contributed by atoms with Gasteiger partial charge in [0.1, 0.15) is 11.4 Å². The SMILES string of the molecule is CCN(C(=O)c1ccc2ccc3ccc(C(=O)N(CC)c4c(C)cc(C)cc4C)nc3c2n1)c1c(C)cc(C)cc1C. The maximum Gasteiger partial charge on any atom is 0.276 e. The fourth-order valence-corrected chi connectivity index (χ4v) is 6.29. The lowest BCUT2D eigenvalue weighted by Gasteiger charge is -2.25. The van der Waals surface area contributed by atoms with Gasteiger partial charge in [-0.2, -0.15) is 0 Å². The fourth-order valence-electron chi connectivity index (χ4n) is 6.29. The van der Waals surface area contributed by atoms with Crippen molar-refractivity contribution in [1.29, 1.82) is 0 Å². The minimum absolute atomic E-state index is 0.166. The number of carbonyl (C=O) groups is 2. The van der Waals surface area contributed by atoms with Gasteiger partial charge in [-0.05, 0) is 89.8 Å². The zero-order chi connectivity index (χ0) is 30.3. The normalized spacial score (nSPS) is 11.2. The number of nitrogens with zero attached hydrogens (tertiary/aromatic N) is 4. The van der Waals surface area contributed by atoms with Crippen molar-refractivity contribution in [3.8, 4) is 0 Å². The molecule has 5 rings (SSSR count). The largest absolute Gasteiger partial charge is 0.307 e. The Hall–Kier alpha value is -4.58. The van der Waals surface area contributed by atoms with E-state index in [9.17, 15) is 9.59 Å².